The summed E-state index contributed by atoms with van der Waals surface area (Å²) in [6.45, 7) is 4.13. The van der Waals surface area contributed by atoms with E-state index in [1.807, 2.05) is 28.3 Å². The highest BCUT2D eigenvalue weighted by molar-refractivity contribution is 7.72. The zero-order valence-corrected chi connectivity index (χ0v) is 18.3. The van der Waals surface area contributed by atoms with Gasteiger partial charge in [0, 0.05) is 75.2 Å². The van der Waals surface area contributed by atoms with E-state index in [4.69, 9.17) is 4.74 Å². The van der Waals surface area contributed by atoms with Gasteiger partial charge in [-0.25, -0.2) is 19.8 Å². The molecule has 3 aromatic rings. The summed E-state index contributed by atoms with van der Waals surface area (Å²) in [5, 5.41) is 2.53. The van der Waals surface area contributed by atoms with Gasteiger partial charge >= 0.3 is 0 Å². The van der Waals surface area contributed by atoms with Gasteiger partial charge in [0.15, 0.2) is 10.8 Å². The van der Waals surface area contributed by atoms with E-state index in [1.165, 1.54) is 0 Å². The molecule has 2 fully saturated rings. The monoisotopic (exact) mass is 442 g/mol. The molecular weight excluding hydrogens is 416 g/mol. The SMILES string of the molecule is COC1CCCN(C(N2CCN(c3cc[nH]c4cnc5nccc5c34)CC2)=S(=O)=O)C1. The molecule has 0 amide bonds. The first-order valence-corrected chi connectivity index (χ1v) is 11.7. The van der Waals surface area contributed by atoms with E-state index < -0.39 is 10.3 Å². The van der Waals surface area contributed by atoms with Crippen LogP contribution < -0.4 is 4.90 Å². The van der Waals surface area contributed by atoms with Gasteiger partial charge in [-0.3, -0.25) is 0 Å². The second kappa shape index (κ2) is 8.54. The van der Waals surface area contributed by atoms with Crippen molar-refractivity contribution in [2.45, 2.75) is 18.9 Å². The molecule has 0 aromatic carbocycles. The maximum absolute atomic E-state index is 12.1. The van der Waals surface area contributed by atoms with Crippen LogP contribution in [0.1, 0.15) is 12.8 Å². The maximum atomic E-state index is 12.1. The number of piperazine rings is 1. The third kappa shape index (κ3) is 3.80. The lowest BCUT2D eigenvalue weighted by Crippen LogP contribution is -2.56. The summed E-state index contributed by atoms with van der Waals surface area (Å²) < 4.78 is 29.8. The molecule has 0 bridgehead atoms. The van der Waals surface area contributed by atoms with E-state index in [-0.39, 0.29) is 6.10 Å². The second-order valence-corrected chi connectivity index (χ2v) is 8.86. The van der Waals surface area contributed by atoms with Gasteiger partial charge in [-0.1, -0.05) is 0 Å². The van der Waals surface area contributed by atoms with Crippen molar-refractivity contribution in [1.82, 2.24) is 24.8 Å². The molecule has 9 nitrogen and oxygen atoms in total. The number of H-pyrrole nitrogens is 1. The molecule has 0 spiro atoms. The third-order valence-electron chi connectivity index (χ3n) is 6.29. The number of anilines is 1. The van der Waals surface area contributed by atoms with Gasteiger partial charge in [0.05, 0.1) is 17.8 Å². The van der Waals surface area contributed by atoms with Gasteiger partial charge in [0.25, 0.3) is 0 Å². The number of fused-ring (bicyclic) bond motifs is 3. The van der Waals surface area contributed by atoms with E-state index in [1.54, 1.807) is 13.3 Å². The van der Waals surface area contributed by atoms with Crippen LogP contribution in [0.25, 0.3) is 21.9 Å². The van der Waals surface area contributed by atoms with Gasteiger partial charge in [-0.15, -0.1) is 0 Å². The Bertz CT molecular complexity index is 1220. The van der Waals surface area contributed by atoms with Crippen molar-refractivity contribution in [3.63, 3.8) is 0 Å². The number of rotatable bonds is 2. The number of aromatic nitrogens is 3. The van der Waals surface area contributed by atoms with E-state index >= 15 is 0 Å². The fraction of sp³-hybridized carbons (Fsp3) is 0.476. The number of likely N-dealkylation sites (tertiary alicyclic amines) is 1. The Hall–Kier alpha value is -2.53. The first-order valence-electron chi connectivity index (χ1n) is 10.6. The number of nitrogens with zero attached hydrogens (tertiary/aromatic N) is 5. The molecule has 0 radical (unpaired) electrons. The van der Waals surface area contributed by atoms with Crippen LogP contribution >= 0.6 is 0 Å². The number of aromatic amines is 1. The van der Waals surface area contributed by atoms with Gasteiger partial charge in [-0.05, 0) is 25.0 Å². The fourth-order valence-electron chi connectivity index (χ4n) is 4.76. The van der Waals surface area contributed by atoms with Crippen molar-refractivity contribution in [3.05, 3.63) is 30.7 Å². The fourth-order valence-corrected chi connectivity index (χ4v) is 5.53. The largest absolute Gasteiger partial charge is 0.380 e. The minimum atomic E-state index is -2.28. The molecule has 164 valence electrons. The second-order valence-electron chi connectivity index (χ2n) is 8.03. The predicted molar refractivity (Wildman–Crippen MR) is 121 cm³/mol. The Balaban J connectivity index is 1.39. The van der Waals surface area contributed by atoms with E-state index in [9.17, 15) is 8.42 Å². The molecule has 2 saturated heterocycles. The lowest BCUT2D eigenvalue weighted by molar-refractivity contribution is 0.0505. The summed E-state index contributed by atoms with van der Waals surface area (Å²) in [4.78, 5) is 18.3. The molecule has 1 unspecified atom stereocenters. The zero-order chi connectivity index (χ0) is 21.4. The number of hydrogen-bond donors (Lipinski definition) is 1. The number of methoxy groups -OCH3 is 1. The van der Waals surface area contributed by atoms with Crippen LogP contribution in [0.15, 0.2) is 30.7 Å². The quantitative estimate of drug-likeness (QED) is 0.594. The Morgan fingerprint density at radius 3 is 2.74 bits per heavy atom. The number of nitrogens with one attached hydrogen (secondary N) is 1. The lowest BCUT2D eigenvalue weighted by Gasteiger charge is -2.40. The molecule has 5 rings (SSSR count). The standard InChI is InChI=1S/C21H26N6O3S/c1-30-15-3-2-8-27(14-15)21(31(28)29)26-11-9-25(10-12-26)18-5-7-22-17-13-24-20-16(19(17)18)4-6-23-20/h4-7,13,15,22H,2-3,8-12,14H2,1H3. The Kier molecular flexibility index (Phi) is 5.61. The van der Waals surface area contributed by atoms with Crippen molar-refractivity contribution in [3.8, 4) is 0 Å². The van der Waals surface area contributed by atoms with Crippen molar-refractivity contribution in [1.29, 1.82) is 0 Å². The number of pyridine rings is 2. The van der Waals surface area contributed by atoms with Crippen molar-refractivity contribution < 1.29 is 13.2 Å². The first-order chi connectivity index (χ1) is 15.2. The minimum absolute atomic E-state index is 0.0784. The smallest absolute Gasteiger partial charge is 0.244 e. The highest BCUT2D eigenvalue weighted by atomic mass is 32.2. The summed E-state index contributed by atoms with van der Waals surface area (Å²) in [6.07, 6.45) is 7.51. The Labute approximate surface area is 182 Å². The van der Waals surface area contributed by atoms with E-state index in [0.29, 0.717) is 24.7 Å². The molecule has 0 saturated carbocycles. The van der Waals surface area contributed by atoms with Crippen molar-refractivity contribution >= 4 is 43.0 Å². The van der Waals surface area contributed by atoms with Crippen LogP contribution in [-0.2, 0) is 15.0 Å². The first kappa shape index (κ1) is 20.4. The van der Waals surface area contributed by atoms with Crippen LogP contribution in [0.4, 0.5) is 5.69 Å². The van der Waals surface area contributed by atoms with Crippen LogP contribution in [0, 0.1) is 0 Å². The van der Waals surface area contributed by atoms with E-state index in [0.717, 1.165) is 60.1 Å². The summed E-state index contributed by atoms with van der Waals surface area (Å²) in [6, 6.07) is 4.07. The van der Waals surface area contributed by atoms with Crippen LogP contribution in [0.2, 0.25) is 0 Å². The van der Waals surface area contributed by atoms with Gasteiger partial charge in [-0.2, -0.15) is 8.42 Å². The highest BCUT2D eigenvalue weighted by Gasteiger charge is 2.30. The average molecular weight is 443 g/mol. The van der Waals surface area contributed by atoms with Gasteiger partial charge in [0.1, 0.15) is 0 Å². The van der Waals surface area contributed by atoms with Crippen molar-refractivity contribution in [2.75, 3.05) is 51.3 Å². The van der Waals surface area contributed by atoms with Crippen LogP contribution in [-0.4, -0.2) is 90.8 Å². The Morgan fingerprint density at radius 2 is 1.97 bits per heavy atom. The normalized spacial score (nSPS) is 21.1. The molecule has 10 heteroatoms. The molecule has 31 heavy (non-hydrogen) atoms. The molecular formula is C21H26N6O3S. The molecule has 2 aliphatic heterocycles. The lowest BCUT2D eigenvalue weighted by atomic mass is 10.1. The summed E-state index contributed by atoms with van der Waals surface area (Å²) in [5.41, 5.74) is 2.82. The molecule has 0 aliphatic carbocycles. The molecule has 1 atom stereocenters. The minimum Gasteiger partial charge on any atom is -0.380 e. The highest BCUT2D eigenvalue weighted by Crippen LogP contribution is 2.31. The van der Waals surface area contributed by atoms with Crippen molar-refractivity contribution in [2.24, 2.45) is 0 Å². The summed E-state index contributed by atoms with van der Waals surface area (Å²) in [7, 11) is -0.592. The van der Waals surface area contributed by atoms with Gasteiger partial charge < -0.3 is 14.6 Å². The molecule has 5 heterocycles. The number of ether oxygens (including phenoxy) is 1. The van der Waals surface area contributed by atoms with Gasteiger partial charge in [0.2, 0.25) is 10.3 Å². The van der Waals surface area contributed by atoms with Crippen LogP contribution in [0.3, 0.4) is 0 Å². The number of hydrogen-bond acceptors (Lipinski definition) is 6. The molecule has 3 aromatic heterocycles. The molecule has 2 aliphatic rings. The Morgan fingerprint density at radius 1 is 1.13 bits per heavy atom. The third-order valence-corrected chi connectivity index (χ3v) is 7.11. The summed E-state index contributed by atoms with van der Waals surface area (Å²) in [5.74, 6) is 0. The number of piperidine rings is 1. The zero-order valence-electron chi connectivity index (χ0n) is 17.5. The summed E-state index contributed by atoms with van der Waals surface area (Å²) >= 11 is 0. The average Bonchev–Trinajstić information content (AvgIpc) is 3.28. The predicted octanol–water partition coefficient (Wildman–Crippen LogP) is 1.31. The van der Waals surface area contributed by atoms with Crippen LogP contribution in [0.5, 0.6) is 0 Å². The topological polar surface area (TPSA) is 94.7 Å². The van der Waals surface area contributed by atoms with E-state index in [2.05, 4.69) is 25.9 Å². The maximum Gasteiger partial charge on any atom is 0.244 e. The molecule has 1 N–H and O–H groups in total.